The lowest BCUT2D eigenvalue weighted by Gasteiger charge is -2.33. The second kappa shape index (κ2) is 5.51. The molecule has 3 heteroatoms. The number of rotatable bonds is 3. The van der Waals surface area contributed by atoms with Gasteiger partial charge in [-0.25, -0.2) is 0 Å². The van der Waals surface area contributed by atoms with E-state index in [0.717, 1.165) is 10.0 Å². The molecular weight excluding hydrogens is 280 g/mol. The van der Waals surface area contributed by atoms with Gasteiger partial charge in [0.15, 0.2) is 0 Å². The molecule has 17 heavy (non-hydrogen) atoms. The van der Waals surface area contributed by atoms with Crippen molar-refractivity contribution >= 4 is 15.9 Å². The summed E-state index contributed by atoms with van der Waals surface area (Å²) in [6, 6.07) is 7.55. The van der Waals surface area contributed by atoms with Crippen molar-refractivity contribution in [3.8, 4) is 0 Å². The van der Waals surface area contributed by atoms with Gasteiger partial charge in [-0.05, 0) is 23.1 Å². The van der Waals surface area contributed by atoms with Crippen LogP contribution in [0.15, 0.2) is 28.7 Å². The van der Waals surface area contributed by atoms with E-state index in [0.29, 0.717) is 0 Å². The van der Waals surface area contributed by atoms with Gasteiger partial charge >= 0.3 is 0 Å². The number of benzene rings is 1. The summed E-state index contributed by atoms with van der Waals surface area (Å²) in [4.78, 5) is 0. The Hall–Kier alpha value is -0.380. The van der Waals surface area contributed by atoms with Crippen molar-refractivity contribution in [2.75, 3.05) is 0 Å². The van der Waals surface area contributed by atoms with E-state index in [1.165, 1.54) is 0 Å². The summed E-state index contributed by atoms with van der Waals surface area (Å²) < 4.78 is 0.984. The lowest BCUT2D eigenvalue weighted by molar-refractivity contribution is -0.0369. The maximum Gasteiger partial charge on any atom is 0.0840 e. The second-order valence-corrected chi connectivity index (χ2v) is 6.58. The molecule has 0 bridgehead atoms. The summed E-state index contributed by atoms with van der Waals surface area (Å²) in [6.45, 7) is 7.80. The lowest BCUT2D eigenvalue weighted by atomic mass is 9.78. The molecule has 0 aliphatic rings. The summed E-state index contributed by atoms with van der Waals surface area (Å²) in [5.41, 5.74) is 0.611. The van der Waals surface area contributed by atoms with Gasteiger partial charge in [-0.2, -0.15) is 0 Å². The molecule has 0 heterocycles. The van der Waals surface area contributed by atoms with Gasteiger partial charge in [0.05, 0.1) is 12.2 Å². The van der Waals surface area contributed by atoms with Gasteiger partial charge in [0.2, 0.25) is 0 Å². The number of aliphatic hydroxyl groups is 2. The zero-order valence-electron chi connectivity index (χ0n) is 10.8. The highest BCUT2D eigenvalue weighted by molar-refractivity contribution is 9.10. The van der Waals surface area contributed by atoms with Crippen molar-refractivity contribution in [3.05, 3.63) is 34.3 Å². The predicted molar refractivity (Wildman–Crippen MR) is 73.7 cm³/mol. The maximum absolute atomic E-state index is 10.2. The van der Waals surface area contributed by atoms with E-state index in [-0.39, 0.29) is 11.3 Å². The van der Waals surface area contributed by atoms with E-state index in [1.54, 1.807) is 0 Å². The normalized spacial score (nSPS) is 17.6. The highest BCUT2D eigenvalue weighted by Crippen LogP contribution is 2.33. The molecule has 0 radical (unpaired) electrons. The van der Waals surface area contributed by atoms with Crippen LogP contribution in [0.25, 0.3) is 0 Å². The fraction of sp³-hybridized carbons (Fsp3) is 0.571. The maximum atomic E-state index is 10.2. The molecule has 0 aromatic heterocycles. The van der Waals surface area contributed by atoms with Gasteiger partial charge in [-0.3, -0.25) is 0 Å². The molecule has 96 valence electrons. The first-order valence-electron chi connectivity index (χ1n) is 5.85. The third kappa shape index (κ3) is 3.80. The summed E-state index contributed by atoms with van der Waals surface area (Å²) in [5.74, 6) is -0.198. The quantitative estimate of drug-likeness (QED) is 0.896. The van der Waals surface area contributed by atoms with Gasteiger partial charge in [0.25, 0.3) is 0 Å². The molecule has 0 unspecified atom stereocenters. The van der Waals surface area contributed by atoms with E-state index >= 15 is 0 Å². The van der Waals surface area contributed by atoms with Crippen LogP contribution in [0.5, 0.6) is 0 Å². The van der Waals surface area contributed by atoms with Crippen LogP contribution >= 0.6 is 15.9 Å². The molecule has 3 atom stereocenters. The first kappa shape index (κ1) is 14.7. The van der Waals surface area contributed by atoms with Crippen LogP contribution in [0.2, 0.25) is 0 Å². The largest absolute Gasteiger partial charge is 0.392 e. The van der Waals surface area contributed by atoms with Crippen molar-refractivity contribution in [1.82, 2.24) is 0 Å². The fourth-order valence-electron chi connectivity index (χ4n) is 1.92. The van der Waals surface area contributed by atoms with Crippen molar-refractivity contribution < 1.29 is 10.2 Å². The Morgan fingerprint density at radius 2 is 1.53 bits per heavy atom. The van der Waals surface area contributed by atoms with E-state index < -0.39 is 12.2 Å². The Labute approximate surface area is 112 Å². The number of hydrogen-bond donors (Lipinski definition) is 2. The van der Waals surface area contributed by atoms with Crippen LogP contribution in [0, 0.1) is 11.3 Å². The van der Waals surface area contributed by atoms with Crippen molar-refractivity contribution in [1.29, 1.82) is 0 Å². The summed E-state index contributed by atoms with van der Waals surface area (Å²) in [5, 5.41) is 20.4. The summed E-state index contributed by atoms with van der Waals surface area (Å²) in [7, 11) is 0. The molecule has 2 nitrogen and oxygen atoms in total. The fourth-order valence-corrected chi connectivity index (χ4v) is 2.19. The first-order chi connectivity index (χ1) is 7.73. The molecule has 0 aliphatic carbocycles. The third-order valence-electron chi connectivity index (χ3n) is 3.09. The van der Waals surface area contributed by atoms with Crippen LogP contribution in [-0.2, 0) is 0 Å². The molecule has 2 N–H and O–H groups in total. The zero-order chi connectivity index (χ0) is 13.2. The van der Waals surface area contributed by atoms with E-state index in [9.17, 15) is 10.2 Å². The molecule has 1 aromatic carbocycles. The average Bonchev–Trinajstić information content (AvgIpc) is 2.26. The van der Waals surface area contributed by atoms with Gasteiger partial charge in [-0.15, -0.1) is 0 Å². The highest BCUT2D eigenvalue weighted by Gasteiger charge is 2.32. The van der Waals surface area contributed by atoms with Crippen LogP contribution < -0.4 is 0 Å². The Kier molecular flexibility index (Phi) is 4.76. The molecule has 1 rings (SSSR count). The molecule has 0 spiro atoms. The molecular formula is C14H21BrO2. The lowest BCUT2D eigenvalue weighted by Crippen LogP contribution is -2.35. The summed E-state index contributed by atoms with van der Waals surface area (Å²) in [6.07, 6.45) is -1.18. The van der Waals surface area contributed by atoms with Crippen LogP contribution in [-0.4, -0.2) is 16.3 Å². The molecule has 0 saturated carbocycles. The minimum absolute atomic E-state index is 0.198. The third-order valence-corrected chi connectivity index (χ3v) is 3.62. The number of hydrogen-bond acceptors (Lipinski definition) is 2. The highest BCUT2D eigenvalue weighted by atomic mass is 79.9. The monoisotopic (exact) mass is 300 g/mol. The molecule has 0 aliphatic heterocycles. The Balaban J connectivity index is 2.83. The molecule has 0 amide bonds. The number of aliphatic hydroxyl groups excluding tert-OH is 2. The standard InChI is InChI=1S/C14H21BrO2/c1-9(13(17)14(2,3)4)12(16)10-5-7-11(15)8-6-10/h5-9,12-13,16-17H,1-4H3/t9-,12-,13+/m1/s1. The average molecular weight is 301 g/mol. The van der Waals surface area contributed by atoms with Gasteiger partial charge in [-0.1, -0.05) is 55.8 Å². The van der Waals surface area contributed by atoms with Gasteiger partial charge in [0.1, 0.15) is 0 Å². The predicted octanol–water partition coefficient (Wildman–Crippen LogP) is 3.53. The second-order valence-electron chi connectivity index (χ2n) is 5.67. The summed E-state index contributed by atoms with van der Waals surface area (Å²) >= 11 is 3.36. The van der Waals surface area contributed by atoms with Gasteiger partial charge in [0, 0.05) is 10.4 Å². The van der Waals surface area contributed by atoms with Crippen LogP contribution in [0.4, 0.5) is 0 Å². The topological polar surface area (TPSA) is 40.5 Å². The van der Waals surface area contributed by atoms with E-state index in [1.807, 2.05) is 52.0 Å². The van der Waals surface area contributed by atoms with Crippen molar-refractivity contribution in [2.45, 2.75) is 39.9 Å². The molecule has 1 aromatic rings. The molecule has 0 fully saturated rings. The Morgan fingerprint density at radius 1 is 1.06 bits per heavy atom. The van der Waals surface area contributed by atoms with Crippen LogP contribution in [0.3, 0.4) is 0 Å². The first-order valence-corrected chi connectivity index (χ1v) is 6.64. The van der Waals surface area contributed by atoms with Crippen molar-refractivity contribution in [3.63, 3.8) is 0 Å². The minimum atomic E-state index is -0.641. The van der Waals surface area contributed by atoms with E-state index in [2.05, 4.69) is 15.9 Å². The molecule has 0 saturated heterocycles. The van der Waals surface area contributed by atoms with Crippen molar-refractivity contribution in [2.24, 2.45) is 11.3 Å². The van der Waals surface area contributed by atoms with Crippen LogP contribution in [0.1, 0.15) is 39.4 Å². The zero-order valence-corrected chi connectivity index (χ0v) is 12.4. The number of halogens is 1. The minimum Gasteiger partial charge on any atom is -0.392 e. The SMILES string of the molecule is C[C@H]([C@@H](O)c1ccc(Br)cc1)[C@H](O)C(C)(C)C. The Bertz CT molecular complexity index is 353. The van der Waals surface area contributed by atoms with E-state index in [4.69, 9.17) is 0 Å². The van der Waals surface area contributed by atoms with Gasteiger partial charge < -0.3 is 10.2 Å². The Morgan fingerprint density at radius 3 is 1.94 bits per heavy atom. The smallest absolute Gasteiger partial charge is 0.0840 e.